The summed E-state index contributed by atoms with van der Waals surface area (Å²) in [6.45, 7) is 3.44. The van der Waals surface area contributed by atoms with E-state index < -0.39 is 0 Å². The SMILES string of the molecule is C=CC=C=C=C=C=CCl. The van der Waals surface area contributed by atoms with E-state index in [1.165, 1.54) is 5.54 Å². The molecule has 0 heterocycles. The van der Waals surface area contributed by atoms with E-state index >= 15 is 0 Å². The molecule has 0 radical (unpaired) electrons. The largest absolute Gasteiger partial charge is 0.0984 e. The summed E-state index contributed by atoms with van der Waals surface area (Å²) in [6, 6.07) is 0. The van der Waals surface area contributed by atoms with Crippen molar-refractivity contribution < 1.29 is 0 Å². The molecule has 0 fully saturated rings. The van der Waals surface area contributed by atoms with Gasteiger partial charge in [-0.15, -0.1) is 0 Å². The Morgan fingerprint density at radius 3 is 2.44 bits per heavy atom. The van der Waals surface area contributed by atoms with Gasteiger partial charge in [-0.3, -0.25) is 0 Å². The third-order valence-corrected chi connectivity index (χ3v) is 0.572. The van der Waals surface area contributed by atoms with Crippen molar-refractivity contribution in [3.05, 3.63) is 47.2 Å². The lowest BCUT2D eigenvalue weighted by molar-refractivity contribution is 2.06. The van der Waals surface area contributed by atoms with Crippen molar-refractivity contribution in [2.24, 2.45) is 0 Å². The van der Waals surface area contributed by atoms with Gasteiger partial charge < -0.3 is 0 Å². The lowest BCUT2D eigenvalue weighted by Gasteiger charge is -1.50. The van der Waals surface area contributed by atoms with Gasteiger partial charge in [0.25, 0.3) is 0 Å². The molecule has 0 amide bonds. The quantitative estimate of drug-likeness (QED) is 0.384. The first-order valence-electron chi connectivity index (χ1n) is 2.29. The first-order valence-corrected chi connectivity index (χ1v) is 2.72. The van der Waals surface area contributed by atoms with Crippen LogP contribution in [-0.2, 0) is 0 Å². The zero-order valence-electron chi connectivity index (χ0n) is 4.82. The van der Waals surface area contributed by atoms with Crippen LogP contribution in [0.3, 0.4) is 0 Å². The second-order valence-corrected chi connectivity index (χ2v) is 1.27. The molecule has 0 spiro atoms. The number of hydrogen-bond acceptors (Lipinski definition) is 0. The minimum Gasteiger partial charge on any atom is -0.0984 e. The summed E-state index contributed by atoms with van der Waals surface area (Å²) in [6.07, 6.45) is 3.21. The first-order chi connectivity index (χ1) is 4.41. The Morgan fingerprint density at radius 2 is 1.89 bits per heavy atom. The van der Waals surface area contributed by atoms with Gasteiger partial charge in [0, 0.05) is 0 Å². The lowest BCUT2D eigenvalue weighted by atomic mass is 10.6. The smallest absolute Gasteiger partial charge is 0.0553 e. The minimum absolute atomic E-state index is 1.22. The maximum atomic E-state index is 5.12. The summed E-state index contributed by atoms with van der Waals surface area (Å²) in [4.78, 5) is 0. The van der Waals surface area contributed by atoms with E-state index in [1.807, 2.05) is 0 Å². The average Bonchev–Trinajstić information content (AvgIpc) is 1.89. The molecule has 0 rings (SSSR count). The summed E-state index contributed by atoms with van der Waals surface area (Å²) in [7, 11) is 0. The van der Waals surface area contributed by atoms with Crippen molar-refractivity contribution >= 4 is 11.6 Å². The molecule has 0 aliphatic rings. The predicted molar refractivity (Wildman–Crippen MR) is 39.2 cm³/mol. The van der Waals surface area contributed by atoms with Crippen LogP contribution in [0.15, 0.2) is 47.2 Å². The normalized spacial score (nSPS) is 5.00. The van der Waals surface area contributed by atoms with Gasteiger partial charge in [-0.25, -0.2) is 0 Å². The minimum atomic E-state index is 1.22. The topological polar surface area (TPSA) is 0 Å². The molecule has 0 saturated carbocycles. The van der Waals surface area contributed by atoms with E-state index in [0.717, 1.165) is 0 Å². The maximum Gasteiger partial charge on any atom is 0.0553 e. The number of halogens is 1. The molecule has 0 bridgehead atoms. The summed E-state index contributed by atoms with van der Waals surface area (Å²) >= 11 is 5.12. The van der Waals surface area contributed by atoms with E-state index in [9.17, 15) is 0 Å². The summed E-state index contributed by atoms with van der Waals surface area (Å²) < 4.78 is 0. The molecule has 0 aromatic heterocycles. The van der Waals surface area contributed by atoms with Crippen LogP contribution in [0.5, 0.6) is 0 Å². The molecule has 0 aliphatic carbocycles. The Labute approximate surface area is 59.5 Å². The highest BCUT2D eigenvalue weighted by atomic mass is 35.5. The molecule has 9 heavy (non-hydrogen) atoms. The highest BCUT2D eigenvalue weighted by Crippen LogP contribution is 1.68. The van der Waals surface area contributed by atoms with E-state index in [2.05, 4.69) is 29.5 Å². The predicted octanol–water partition coefficient (Wildman–Crippen LogP) is 2.55. The fraction of sp³-hybridized carbons (Fsp3) is 0. The van der Waals surface area contributed by atoms with Crippen molar-refractivity contribution in [3.8, 4) is 0 Å². The highest BCUT2D eigenvalue weighted by Gasteiger charge is 1.43. The summed E-state index contributed by atoms with van der Waals surface area (Å²) in [5.74, 6) is 0. The molecule has 0 aromatic rings. The summed E-state index contributed by atoms with van der Waals surface area (Å²) in [5.41, 5.74) is 11.3. The standard InChI is InChI=1S/C8H5Cl/c1-2-3-4-5-6-7-8-9/h2-3,8H,1H2. The molecule has 0 aliphatic heterocycles. The monoisotopic (exact) mass is 136 g/mol. The molecule has 1 heteroatoms. The number of hydrogen-bond donors (Lipinski definition) is 0. The molecule has 0 N–H and O–H groups in total. The van der Waals surface area contributed by atoms with Crippen LogP contribution in [0.25, 0.3) is 0 Å². The number of rotatable bonds is 1. The molecule has 0 atom stereocenters. The Hall–Kier alpha value is -1.11. The molecular weight excluding hydrogens is 132 g/mol. The molecule has 0 saturated heterocycles. The fourth-order valence-electron chi connectivity index (χ4n) is 0.200. The third kappa shape index (κ3) is 6.89. The van der Waals surface area contributed by atoms with Crippen molar-refractivity contribution in [2.75, 3.05) is 0 Å². The van der Waals surface area contributed by atoms with E-state index in [0.29, 0.717) is 0 Å². The van der Waals surface area contributed by atoms with Crippen molar-refractivity contribution in [1.29, 1.82) is 0 Å². The molecule has 0 aromatic carbocycles. The van der Waals surface area contributed by atoms with Gasteiger partial charge in [0.2, 0.25) is 0 Å². The number of allylic oxidation sites excluding steroid dienone is 2. The molecule has 0 unspecified atom stereocenters. The Kier molecular flexibility index (Phi) is 6.04. The van der Waals surface area contributed by atoms with E-state index in [-0.39, 0.29) is 0 Å². The van der Waals surface area contributed by atoms with Crippen LogP contribution in [-0.4, -0.2) is 0 Å². The Balaban J connectivity index is 4.48. The van der Waals surface area contributed by atoms with Crippen LogP contribution in [0, 0.1) is 0 Å². The summed E-state index contributed by atoms with van der Waals surface area (Å²) in [5, 5.41) is 0. The zero-order chi connectivity index (χ0) is 6.95. The van der Waals surface area contributed by atoms with Gasteiger partial charge in [-0.2, -0.15) is 0 Å². The van der Waals surface area contributed by atoms with Crippen LogP contribution in [0.4, 0.5) is 0 Å². The fourth-order valence-corrected chi connectivity index (χ4v) is 0.255. The Bertz CT molecular complexity index is 236. The van der Waals surface area contributed by atoms with Gasteiger partial charge in [0.15, 0.2) is 0 Å². The molecule has 0 nitrogen and oxygen atoms in total. The van der Waals surface area contributed by atoms with Gasteiger partial charge in [-0.05, 0) is 23.3 Å². The van der Waals surface area contributed by atoms with Gasteiger partial charge in [0.05, 0.1) is 5.54 Å². The van der Waals surface area contributed by atoms with Gasteiger partial charge in [0.1, 0.15) is 0 Å². The highest BCUT2D eigenvalue weighted by molar-refractivity contribution is 6.25. The van der Waals surface area contributed by atoms with Crippen LogP contribution < -0.4 is 0 Å². The van der Waals surface area contributed by atoms with Crippen LogP contribution in [0.1, 0.15) is 0 Å². The second-order valence-electron chi connectivity index (χ2n) is 1.05. The molecule has 44 valence electrons. The van der Waals surface area contributed by atoms with Crippen molar-refractivity contribution in [2.45, 2.75) is 0 Å². The average molecular weight is 137 g/mol. The van der Waals surface area contributed by atoms with Crippen LogP contribution >= 0.6 is 11.6 Å². The third-order valence-electron chi connectivity index (χ3n) is 0.463. The Morgan fingerprint density at radius 1 is 1.22 bits per heavy atom. The van der Waals surface area contributed by atoms with Crippen LogP contribution in [0.2, 0.25) is 0 Å². The van der Waals surface area contributed by atoms with E-state index in [4.69, 9.17) is 11.6 Å². The first kappa shape index (κ1) is 7.89. The van der Waals surface area contributed by atoms with E-state index in [1.54, 1.807) is 12.2 Å². The van der Waals surface area contributed by atoms with Crippen molar-refractivity contribution in [3.63, 3.8) is 0 Å². The molecular formula is C8H5Cl. The van der Waals surface area contributed by atoms with Gasteiger partial charge >= 0.3 is 0 Å². The second kappa shape index (κ2) is 6.89. The maximum absolute atomic E-state index is 5.12. The van der Waals surface area contributed by atoms with Gasteiger partial charge in [-0.1, -0.05) is 30.0 Å². The lowest BCUT2D eigenvalue weighted by Crippen LogP contribution is -1.30. The zero-order valence-corrected chi connectivity index (χ0v) is 5.57. The van der Waals surface area contributed by atoms with Crippen molar-refractivity contribution in [1.82, 2.24) is 0 Å².